The lowest BCUT2D eigenvalue weighted by molar-refractivity contribution is -0.119. The van der Waals surface area contributed by atoms with Crippen LogP contribution < -0.4 is 15.6 Å². The first kappa shape index (κ1) is 30.5. The van der Waals surface area contributed by atoms with Gasteiger partial charge in [0.15, 0.2) is 6.61 Å². The van der Waals surface area contributed by atoms with E-state index in [0.29, 0.717) is 11.4 Å². The van der Waals surface area contributed by atoms with Crippen molar-refractivity contribution in [2.24, 2.45) is 7.05 Å². The molecule has 0 unspecified atom stereocenters. The maximum atomic E-state index is 13.2. The zero-order valence-electron chi connectivity index (χ0n) is 21.2. The quantitative estimate of drug-likeness (QED) is 0.234. The van der Waals surface area contributed by atoms with E-state index < -0.39 is 34.1 Å². The number of hydrogen-bond acceptors (Lipinski definition) is 6. The van der Waals surface area contributed by atoms with Gasteiger partial charge in [0, 0.05) is 12.1 Å². The summed E-state index contributed by atoms with van der Waals surface area (Å²) in [4.78, 5) is 37.8. The van der Waals surface area contributed by atoms with Gasteiger partial charge in [-0.2, -0.15) is 0 Å². The third-order valence-electron chi connectivity index (χ3n) is 5.86. The summed E-state index contributed by atoms with van der Waals surface area (Å²) in [6, 6.07) is 14.7. The highest BCUT2D eigenvalue weighted by Crippen LogP contribution is 2.33. The molecule has 0 fully saturated rings. The van der Waals surface area contributed by atoms with Crippen molar-refractivity contribution in [1.29, 1.82) is 0 Å². The van der Waals surface area contributed by atoms with Crippen molar-refractivity contribution >= 4 is 79.7 Å². The molecule has 0 aliphatic heterocycles. The number of sulfonamides is 1. The molecule has 0 atom stereocenters. The average Bonchev–Trinajstić information content (AvgIpc) is 3.12. The van der Waals surface area contributed by atoms with E-state index in [9.17, 15) is 22.8 Å². The second-order valence-corrected chi connectivity index (χ2v) is 11.9. The number of carbonyl (C=O) groups excluding carboxylic acids is 2. The van der Waals surface area contributed by atoms with E-state index in [1.54, 1.807) is 44.3 Å². The van der Waals surface area contributed by atoms with Gasteiger partial charge in [0.1, 0.15) is 5.69 Å². The summed E-state index contributed by atoms with van der Waals surface area (Å²) in [5.41, 5.74) is -0.139. The Morgan fingerprint density at radius 2 is 1.54 bits per heavy atom. The Kier molecular flexibility index (Phi) is 9.05. The predicted molar refractivity (Wildman–Crippen MR) is 158 cm³/mol. The molecule has 1 heterocycles. The van der Waals surface area contributed by atoms with Crippen LogP contribution in [0.5, 0.6) is 0 Å². The number of esters is 1. The molecular weight excluding hydrogens is 638 g/mol. The SMILES string of the molecule is Cc1c(NS(=O)(=O)c2ccc(Cl)c(C(=O)OCC(=O)Nc3c(Cl)cc(Cl)cc3Cl)c2)c(=O)n(-c2ccccc2)n1C. The standard InChI is InChI=1S/C26H20Cl4N4O6S/c1-14-23(25(36)34(33(14)2)16-6-4-3-5-7-16)32-41(38,39)17-8-9-19(28)18(12-17)26(37)40-13-22(35)31-24-20(29)10-15(27)11-21(24)30/h3-12,32H,13H2,1-2H3,(H,31,35). The number of amides is 1. The van der Waals surface area contributed by atoms with Crippen molar-refractivity contribution in [3.05, 3.63) is 102 Å². The molecule has 0 saturated carbocycles. The van der Waals surface area contributed by atoms with Gasteiger partial charge in [0.2, 0.25) is 0 Å². The highest BCUT2D eigenvalue weighted by Gasteiger charge is 2.25. The maximum absolute atomic E-state index is 13.2. The van der Waals surface area contributed by atoms with Crippen molar-refractivity contribution in [2.45, 2.75) is 11.8 Å². The Bertz CT molecular complexity index is 1820. The van der Waals surface area contributed by atoms with Crippen LogP contribution in [0.1, 0.15) is 16.1 Å². The minimum absolute atomic E-state index is 0.0681. The summed E-state index contributed by atoms with van der Waals surface area (Å²) in [5.74, 6) is -1.85. The van der Waals surface area contributed by atoms with Crippen LogP contribution in [0.3, 0.4) is 0 Å². The lowest BCUT2D eigenvalue weighted by Crippen LogP contribution is -2.23. The second kappa shape index (κ2) is 12.2. The van der Waals surface area contributed by atoms with Crippen LogP contribution in [0, 0.1) is 6.92 Å². The van der Waals surface area contributed by atoms with Crippen molar-refractivity contribution in [3.63, 3.8) is 0 Å². The van der Waals surface area contributed by atoms with E-state index in [-0.39, 0.29) is 41.9 Å². The van der Waals surface area contributed by atoms with Gasteiger partial charge in [-0.15, -0.1) is 0 Å². The fourth-order valence-electron chi connectivity index (χ4n) is 3.75. The van der Waals surface area contributed by atoms with Crippen molar-refractivity contribution in [2.75, 3.05) is 16.6 Å². The molecule has 1 aromatic heterocycles. The minimum atomic E-state index is -4.36. The molecular formula is C26H20Cl4N4O6S. The summed E-state index contributed by atoms with van der Waals surface area (Å²) in [7, 11) is -2.75. The third-order valence-corrected chi connectivity index (χ3v) is 8.36. The van der Waals surface area contributed by atoms with Crippen LogP contribution in [0.25, 0.3) is 5.69 Å². The largest absolute Gasteiger partial charge is 0.452 e. The number of aromatic nitrogens is 2. The Hall–Kier alpha value is -3.48. The van der Waals surface area contributed by atoms with Crippen molar-refractivity contribution in [1.82, 2.24) is 9.36 Å². The number of ether oxygens (including phenoxy) is 1. The molecule has 3 aromatic carbocycles. The number of rotatable bonds is 8. The number of carbonyl (C=O) groups is 2. The molecule has 0 spiro atoms. The molecule has 0 aliphatic rings. The van der Waals surface area contributed by atoms with Crippen molar-refractivity contribution < 1.29 is 22.7 Å². The first-order valence-corrected chi connectivity index (χ1v) is 14.6. The molecule has 15 heteroatoms. The molecule has 4 aromatic rings. The maximum Gasteiger partial charge on any atom is 0.340 e. The number of nitrogens with zero attached hydrogens (tertiary/aromatic N) is 2. The van der Waals surface area contributed by atoms with Gasteiger partial charge in [-0.3, -0.25) is 19.0 Å². The van der Waals surface area contributed by atoms with E-state index in [2.05, 4.69) is 10.0 Å². The summed E-state index contributed by atoms with van der Waals surface area (Å²) >= 11 is 24.1. The molecule has 4 rings (SSSR count). The van der Waals surface area contributed by atoms with Gasteiger partial charge < -0.3 is 10.1 Å². The summed E-state index contributed by atoms with van der Waals surface area (Å²) in [5, 5.41) is 2.68. The predicted octanol–water partition coefficient (Wildman–Crippen LogP) is 5.69. The first-order chi connectivity index (χ1) is 19.3. The van der Waals surface area contributed by atoms with Gasteiger partial charge in [0.25, 0.3) is 21.5 Å². The molecule has 41 heavy (non-hydrogen) atoms. The Labute approximate surface area is 254 Å². The Balaban J connectivity index is 1.53. The number of hydrogen-bond donors (Lipinski definition) is 2. The Morgan fingerprint density at radius 1 is 0.902 bits per heavy atom. The number of benzene rings is 3. The third kappa shape index (κ3) is 6.55. The zero-order valence-corrected chi connectivity index (χ0v) is 25.1. The highest BCUT2D eigenvalue weighted by molar-refractivity contribution is 7.92. The van der Waals surface area contributed by atoms with E-state index in [0.717, 1.165) is 12.1 Å². The van der Waals surface area contributed by atoms with E-state index >= 15 is 0 Å². The smallest absolute Gasteiger partial charge is 0.340 e. The van der Waals surface area contributed by atoms with Crippen LogP contribution in [0.15, 0.2) is 70.4 Å². The summed E-state index contributed by atoms with van der Waals surface area (Å²) in [6.45, 7) is 0.820. The van der Waals surface area contributed by atoms with Crippen LogP contribution in [0.2, 0.25) is 20.1 Å². The first-order valence-electron chi connectivity index (χ1n) is 11.6. The number of para-hydroxylation sites is 1. The van der Waals surface area contributed by atoms with Crippen molar-refractivity contribution in [3.8, 4) is 5.69 Å². The van der Waals surface area contributed by atoms with Gasteiger partial charge >= 0.3 is 5.97 Å². The molecule has 2 N–H and O–H groups in total. The van der Waals surface area contributed by atoms with Crippen LogP contribution >= 0.6 is 46.4 Å². The van der Waals surface area contributed by atoms with Crippen LogP contribution in [-0.2, 0) is 26.6 Å². The average molecular weight is 658 g/mol. The summed E-state index contributed by atoms with van der Waals surface area (Å²) < 4.78 is 36.6. The molecule has 214 valence electrons. The van der Waals surface area contributed by atoms with E-state index in [1.165, 1.54) is 27.6 Å². The molecule has 0 radical (unpaired) electrons. The van der Waals surface area contributed by atoms with Gasteiger partial charge in [-0.25, -0.2) is 17.9 Å². The number of anilines is 2. The minimum Gasteiger partial charge on any atom is -0.452 e. The zero-order chi connectivity index (χ0) is 30.1. The number of nitrogens with one attached hydrogen (secondary N) is 2. The highest BCUT2D eigenvalue weighted by atomic mass is 35.5. The Morgan fingerprint density at radius 3 is 2.17 bits per heavy atom. The monoisotopic (exact) mass is 656 g/mol. The van der Waals surface area contributed by atoms with Crippen LogP contribution in [-0.4, -0.2) is 36.3 Å². The number of halogens is 4. The fourth-order valence-corrected chi connectivity index (χ4v) is 6.00. The second-order valence-electron chi connectivity index (χ2n) is 8.55. The molecule has 0 aliphatic carbocycles. The molecule has 0 saturated heterocycles. The van der Waals surface area contributed by atoms with E-state index in [1.807, 2.05) is 0 Å². The fraction of sp³-hybridized carbons (Fsp3) is 0.115. The molecule has 0 bridgehead atoms. The normalized spacial score (nSPS) is 11.3. The molecule has 10 nitrogen and oxygen atoms in total. The van der Waals surface area contributed by atoms with Gasteiger partial charge in [0.05, 0.1) is 42.6 Å². The van der Waals surface area contributed by atoms with Gasteiger partial charge in [-0.05, 0) is 49.4 Å². The molecule has 1 amide bonds. The topological polar surface area (TPSA) is 128 Å². The van der Waals surface area contributed by atoms with E-state index in [4.69, 9.17) is 51.1 Å². The van der Waals surface area contributed by atoms with Gasteiger partial charge in [-0.1, -0.05) is 64.6 Å². The lowest BCUT2D eigenvalue weighted by atomic mass is 10.2. The lowest BCUT2D eigenvalue weighted by Gasteiger charge is -2.12. The summed E-state index contributed by atoms with van der Waals surface area (Å²) in [6.07, 6.45) is 0. The van der Waals surface area contributed by atoms with Crippen LogP contribution in [0.4, 0.5) is 11.4 Å².